The fraction of sp³-hybridized carbons (Fsp3) is 0.286. The van der Waals surface area contributed by atoms with Gasteiger partial charge in [-0.1, -0.05) is 61.5 Å². The average molecular weight is 610 g/mol. The zero-order chi connectivity index (χ0) is 31.9. The molecule has 5 amide bonds. The van der Waals surface area contributed by atoms with Crippen LogP contribution in [0.4, 0.5) is 26.7 Å². The zero-order valence-corrected chi connectivity index (χ0v) is 25.7. The van der Waals surface area contributed by atoms with Gasteiger partial charge >= 0.3 is 12.1 Å². The second-order valence-corrected chi connectivity index (χ2v) is 11.5. The van der Waals surface area contributed by atoms with Gasteiger partial charge in [0.15, 0.2) is 0 Å². The highest BCUT2D eigenvalue weighted by atomic mass is 16.5. The third-order valence-electron chi connectivity index (χ3n) is 8.04. The summed E-state index contributed by atoms with van der Waals surface area (Å²) in [6, 6.07) is 26.8. The number of ether oxygens (including phenoxy) is 1. The third kappa shape index (κ3) is 7.71. The minimum atomic E-state index is -0.469. The molecule has 0 bridgehead atoms. The molecule has 4 N–H and O–H groups in total. The maximum Gasteiger partial charge on any atom is 0.323 e. The van der Waals surface area contributed by atoms with Crippen molar-refractivity contribution in [3.05, 3.63) is 96.6 Å². The molecule has 4 aromatic rings. The number of para-hydroxylation sites is 1. The van der Waals surface area contributed by atoms with Crippen LogP contribution in [-0.4, -0.2) is 71.8 Å². The number of likely N-dealkylation sites (N-methyl/N-ethyl adjacent to an activating group) is 1. The number of carbonyl (C=O) groups excluding carboxylic acids is 3. The van der Waals surface area contributed by atoms with Crippen molar-refractivity contribution in [2.24, 2.45) is 5.92 Å². The highest BCUT2D eigenvalue weighted by Gasteiger charge is 2.32. The second kappa shape index (κ2) is 14.1. The fourth-order valence-corrected chi connectivity index (χ4v) is 5.44. The van der Waals surface area contributed by atoms with Crippen LogP contribution in [0.1, 0.15) is 19.4 Å². The Labute approximate surface area is 263 Å². The zero-order valence-electron chi connectivity index (χ0n) is 25.7. The lowest BCUT2D eigenvalue weighted by Crippen LogP contribution is -2.48. The fourth-order valence-electron chi connectivity index (χ4n) is 5.44. The molecule has 234 valence electrons. The van der Waals surface area contributed by atoms with E-state index in [1.54, 1.807) is 42.0 Å². The number of hydrogen-bond donors (Lipinski definition) is 4. The number of urea groups is 2. The predicted octanol–water partition coefficient (Wildman–Crippen LogP) is 5.80. The van der Waals surface area contributed by atoms with E-state index in [4.69, 9.17) is 4.74 Å². The highest BCUT2D eigenvalue weighted by molar-refractivity contribution is 6.06. The lowest BCUT2D eigenvalue weighted by Gasteiger charge is -2.34. The van der Waals surface area contributed by atoms with Gasteiger partial charge in [0.2, 0.25) is 5.91 Å². The molecule has 1 aliphatic heterocycles. The number of benzene rings is 4. The molecule has 10 heteroatoms. The molecule has 0 spiro atoms. The van der Waals surface area contributed by atoms with Gasteiger partial charge in [0.1, 0.15) is 11.9 Å². The van der Waals surface area contributed by atoms with Gasteiger partial charge in [0.25, 0.3) is 0 Å². The van der Waals surface area contributed by atoms with Crippen LogP contribution in [0, 0.1) is 5.92 Å². The quantitative estimate of drug-likeness (QED) is 0.211. The van der Waals surface area contributed by atoms with E-state index in [-0.39, 0.29) is 37.4 Å². The van der Waals surface area contributed by atoms with E-state index in [9.17, 15) is 19.5 Å². The summed E-state index contributed by atoms with van der Waals surface area (Å²) in [5, 5.41) is 20.5. The Kier molecular flexibility index (Phi) is 9.84. The summed E-state index contributed by atoms with van der Waals surface area (Å²) < 4.78 is 6.52. The number of nitrogens with one attached hydrogen (secondary N) is 3. The second-order valence-electron chi connectivity index (χ2n) is 11.5. The van der Waals surface area contributed by atoms with E-state index in [0.717, 1.165) is 10.8 Å². The number of hydrogen-bond acceptors (Lipinski definition) is 5. The molecule has 0 aromatic heterocycles. The lowest BCUT2D eigenvalue weighted by atomic mass is 10.0. The van der Waals surface area contributed by atoms with Crippen LogP contribution in [0.25, 0.3) is 10.8 Å². The van der Waals surface area contributed by atoms with Gasteiger partial charge < -0.3 is 35.6 Å². The topological polar surface area (TPSA) is 123 Å². The van der Waals surface area contributed by atoms with Crippen LogP contribution >= 0.6 is 0 Å². The normalized spacial score (nSPS) is 17.2. The molecule has 1 aliphatic rings. The van der Waals surface area contributed by atoms with Crippen molar-refractivity contribution in [1.29, 1.82) is 0 Å². The number of amides is 5. The van der Waals surface area contributed by atoms with E-state index in [2.05, 4.69) is 16.0 Å². The van der Waals surface area contributed by atoms with Crippen LogP contribution < -0.4 is 20.7 Å². The number of carbonyl (C=O) groups is 3. The number of anilines is 3. The molecule has 5 rings (SSSR count). The summed E-state index contributed by atoms with van der Waals surface area (Å²) >= 11 is 0. The minimum Gasteiger partial charge on any atom is -0.488 e. The maximum absolute atomic E-state index is 13.6. The molecule has 0 unspecified atom stereocenters. The van der Waals surface area contributed by atoms with Crippen LogP contribution in [-0.2, 0) is 11.2 Å². The molecule has 0 saturated carbocycles. The van der Waals surface area contributed by atoms with E-state index in [1.807, 2.05) is 79.7 Å². The lowest BCUT2D eigenvalue weighted by molar-refractivity contribution is -0.134. The Balaban J connectivity index is 1.37. The molecule has 3 atom stereocenters. The van der Waals surface area contributed by atoms with Gasteiger partial charge in [-0.15, -0.1) is 0 Å². The van der Waals surface area contributed by atoms with Crippen LogP contribution in [0.15, 0.2) is 91.0 Å². The molecule has 0 radical (unpaired) electrons. The first-order valence-corrected chi connectivity index (χ1v) is 15.0. The molecule has 0 fully saturated rings. The predicted molar refractivity (Wildman–Crippen MR) is 177 cm³/mol. The van der Waals surface area contributed by atoms with Crippen LogP contribution in [0.2, 0.25) is 0 Å². The number of nitrogens with zero attached hydrogens (tertiary/aromatic N) is 2. The third-order valence-corrected chi connectivity index (χ3v) is 8.04. The van der Waals surface area contributed by atoms with Gasteiger partial charge in [-0.25, -0.2) is 9.59 Å². The first kappa shape index (κ1) is 31.3. The first-order valence-electron chi connectivity index (χ1n) is 15.0. The summed E-state index contributed by atoms with van der Waals surface area (Å²) in [4.78, 5) is 42.8. The minimum absolute atomic E-state index is 0.0178. The number of aliphatic hydroxyl groups is 1. The summed E-state index contributed by atoms with van der Waals surface area (Å²) in [6.07, 6.45) is -0.452. The molecule has 4 aromatic carbocycles. The van der Waals surface area contributed by atoms with E-state index < -0.39 is 18.2 Å². The number of fused-ring (bicyclic) bond motifs is 2. The van der Waals surface area contributed by atoms with Gasteiger partial charge in [0.05, 0.1) is 31.3 Å². The van der Waals surface area contributed by atoms with Crippen molar-refractivity contribution in [2.45, 2.75) is 32.4 Å². The Morgan fingerprint density at radius 3 is 2.47 bits per heavy atom. The van der Waals surface area contributed by atoms with Crippen molar-refractivity contribution in [3.8, 4) is 5.75 Å². The van der Waals surface area contributed by atoms with Gasteiger partial charge in [-0.2, -0.15) is 0 Å². The van der Waals surface area contributed by atoms with E-state index in [0.29, 0.717) is 34.9 Å². The molecule has 0 aliphatic carbocycles. The van der Waals surface area contributed by atoms with Crippen LogP contribution in [0.5, 0.6) is 5.75 Å². The van der Waals surface area contributed by atoms with E-state index >= 15 is 0 Å². The molecule has 0 saturated heterocycles. The van der Waals surface area contributed by atoms with Gasteiger partial charge in [-0.05, 0) is 48.7 Å². The largest absolute Gasteiger partial charge is 0.488 e. The molecular formula is C35H39N5O5. The smallest absolute Gasteiger partial charge is 0.323 e. The number of aliphatic hydroxyl groups excluding tert-OH is 1. The average Bonchev–Trinajstić information content (AvgIpc) is 3.08. The van der Waals surface area contributed by atoms with Crippen molar-refractivity contribution in [3.63, 3.8) is 0 Å². The SMILES string of the molecule is C[C@@H]1CN([C@@H](C)CO)C(=O)Cc2cc(NC(=O)Nc3cccc4ccccc34)ccc2O[C@@H]1CN(C)C(=O)Nc1ccccc1. The van der Waals surface area contributed by atoms with Gasteiger partial charge in [0, 0.05) is 41.8 Å². The summed E-state index contributed by atoms with van der Waals surface area (Å²) in [6.45, 7) is 4.17. The molecule has 10 nitrogen and oxygen atoms in total. The molecular weight excluding hydrogens is 570 g/mol. The van der Waals surface area contributed by atoms with Crippen molar-refractivity contribution >= 4 is 45.8 Å². The van der Waals surface area contributed by atoms with Crippen molar-refractivity contribution in [1.82, 2.24) is 9.80 Å². The molecule has 45 heavy (non-hydrogen) atoms. The monoisotopic (exact) mass is 609 g/mol. The van der Waals surface area contributed by atoms with Crippen LogP contribution in [0.3, 0.4) is 0 Å². The summed E-state index contributed by atoms with van der Waals surface area (Å²) in [7, 11) is 1.70. The summed E-state index contributed by atoms with van der Waals surface area (Å²) in [5.74, 6) is 0.155. The number of rotatable bonds is 7. The van der Waals surface area contributed by atoms with Crippen molar-refractivity contribution < 1.29 is 24.2 Å². The highest BCUT2D eigenvalue weighted by Crippen LogP contribution is 2.30. The Bertz CT molecular complexity index is 1660. The van der Waals surface area contributed by atoms with Gasteiger partial charge in [-0.3, -0.25) is 4.79 Å². The Hall–Kier alpha value is -5.09. The van der Waals surface area contributed by atoms with Crippen molar-refractivity contribution in [2.75, 3.05) is 42.7 Å². The first-order chi connectivity index (χ1) is 21.7. The maximum atomic E-state index is 13.6. The Morgan fingerprint density at radius 2 is 1.69 bits per heavy atom. The Morgan fingerprint density at radius 1 is 0.956 bits per heavy atom. The van der Waals surface area contributed by atoms with E-state index in [1.165, 1.54) is 0 Å². The summed E-state index contributed by atoms with van der Waals surface area (Å²) in [5.41, 5.74) is 2.44. The molecule has 1 heterocycles. The standard InChI is InChI=1S/C35H39N5O5/c1-23-20-40(24(2)22-41)33(42)19-26-18-28(36-34(43)38-30-15-9-11-25-10-7-8-14-29(25)30)16-17-31(26)45-32(23)21-39(3)35(44)37-27-12-5-4-6-13-27/h4-18,23-24,32,41H,19-22H2,1-3H3,(H,37,44)(H2,36,38,43)/t23-,24+,32-/m1/s1.